The summed E-state index contributed by atoms with van der Waals surface area (Å²) >= 11 is 0. The maximum absolute atomic E-state index is 12.6. The van der Waals surface area contributed by atoms with Crippen molar-refractivity contribution in [3.05, 3.63) is 60.8 Å². The van der Waals surface area contributed by atoms with Crippen LogP contribution in [-0.2, 0) is 32.7 Å². The molecule has 0 fully saturated rings. The Balaban J connectivity index is 4.25. The van der Waals surface area contributed by atoms with E-state index in [0.717, 1.165) is 70.6 Å². The van der Waals surface area contributed by atoms with Gasteiger partial charge >= 0.3 is 19.8 Å². The second kappa shape index (κ2) is 41.3. The lowest BCUT2D eigenvalue weighted by Gasteiger charge is -2.19. The van der Waals surface area contributed by atoms with Crippen LogP contribution in [0.2, 0.25) is 0 Å². The molecule has 0 saturated heterocycles. The molecule has 0 rings (SSSR count). The summed E-state index contributed by atoms with van der Waals surface area (Å²) in [6, 6.07) is 0. The molecule has 9 nitrogen and oxygen atoms in total. The van der Waals surface area contributed by atoms with E-state index in [2.05, 4.69) is 74.6 Å². The minimum atomic E-state index is -4.39. The van der Waals surface area contributed by atoms with E-state index in [1.165, 1.54) is 70.6 Å². The number of hydrogen-bond acceptors (Lipinski definition) is 8. The van der Waals surface area contributed by atoms with Crippen LogP contribution in [0.25, 0.3) is 0 Å². The van der Waals surface area contributed by atoms with Crippen LogP contribution in [0.5, 0.6) is 0 Å². The molecule has 0 spiro atoms. The van der Waals surface area contributed by atoms with E-state index < -0.39 is 32.5 Å². The first kappa shape index (κ1) is 52.7. The highest BCUT2D eigenvalue weighted by molar-refractivity contribution is 7.47. The summed E-state index contributed by atoms with van der Waals surface area (Å²) in [6.07, 6.45) is 48.2. The van der Waals surface area contributed by atoms with Gasteiger partial charge in [0.2, 0.25) is 0 Å². The van der Waals surface area contributed by atoms with Crippen molar-refractivity contribution in [3.63, 3.8) is 0 Å². The zero-order valence-electron chi connectivity index (χ0n) is 34.9. The molecule has 0 aliphatic rings. The Morgan fingerprint density at radius 2 is 0.945 bits per heavy atom. The maximum atomic E-state index is 12.6. The van der Waals surface area contributed by atoms with Crippen molar-refractivity contribution < 1.29 is 37.6 Å². The number of ether oxygens (including phenoxy) is 2. The Hall–Kier alpha value is -2.29. The van der Waals surface area contributed by atoms with Crippen molar-refractivity contribution in [1.29, 1.82) is 0 Å². The normalized spacial score (nSPS) is 13.9. The molecule has 0 bridgehead atoms. The topological polar surface area (TPSA) is 134 Å². The van der Waals surface area contributed by atoms with Crippen molar-refractivity contribution in [2.75, 3.05) is 26.4 Å². The number of unbranched alkanes of at least 4 members (excludes halogenated alkanes) is 17. The van der Waals surface area contributed by atoms with Gasteiger partial charge in [-0.1, -0.05) is 145 Å². The van der Waals surface area contributed by atoms with E-state index >= 15 is 0 Å². The molecule has 0 aromatic rings. The van der Waals surface area contributed by atoms with Crippen molar-refractivity contribution in [2.45, 2.75) is 187 Å². The van der Waals surface area contributed by atoms with Crippen LogP contribution < -0.4 is 5.73 Å². The molecule has 0 aliphatic carbocycles. The summed E-state index contributed by atoms with van der Waals surface area (Å²) < 4.78 is 32.7. The van der Waals surface area contributed by atoms with E-state index in [9.17, 15) is 19.0 Å². The second-order valence-electron chi connectivity index (χ2n) is 14.2. The zero-order chi connectivity index (χ0) is 40.3. The standard InChI is InChI=1S/C45H80NO8P/c1-3-5-7-9-11-13-15-17-19-20-21-22-24-26-28-30-32-34-36-38-45(48)54-43(42-53-55(49,50)52-40-39-46)41-51-44(47)37-35-33-31-29-27-25-23-18-16-14-12-10-8-6-4-2/h11,13,17-19,21-23,26,28,43H,3-10,12,14-16,20,24-25,27,29-42,46H2,1-2H3,(H,49,50)/b13-11-,19-17-,22-21-,23-18-,28-26-/t43-/m1/s1. The first-order valence-corrected chi connectivity index (χ1v) is 23.3. The number of carbonyl (C=O) groups excluding carboxylic acids is 2. The van der Waals surface area contributed by atoms with Crippen LogP contribution in [0.4, 0.5) is 0 Å². The van der Waals surface area contributed by atoms with Crippen molar-refractivity contribution in [1.82, 2.24) is 0 Å². The highest BCUT2D eigenvalue weighted by Gasteiger charge is 2.26. The second-order valence-corrected chi connectivity index (χ2v) is 15.7. The molecule has 3 N–H and O–H groups in total. The lowest BCUT2D eigenvalue weighted by Crippen LogP contribution is -2.29. The number of phosphoric ester groups is 1. The number of nitrogens with two attached hydrogens (primary N) is 1. The van der Waals surface area contributed by atoms with Crippen molar-refractivity contribution in [3.8, 4) is 0 Å². The Morgan fingerprint density at radius 1 is 0.545 bits per heavy atom. The third kappa shape index (κ3) is 41.2. The smallest absolute Gasteiger partial charge is 0.462 e. The van der Waals surface area contributed by atoms with Crippen LogP contribution in [0, 0.1) is 0 Å². The van der Waals surface area contributed by atoms with Gasteiger partial charge in [-0.2, -0.15) is 0 Å². The SMILES string of the molecule is CCCCC/C=C\C/C=C\C/C=C\C/C=C\CCCCCC(=O)O[C@H](COC(=O)CCCCCCC/C=C\CCCCCCCC)COP(=O)(O)OCCN. The van der Waals surface area contributed by atoms with Gasteiger partial charge in [0.15, 0.2) is 6.10 Å². The molecule has 0 aromatic carbocycles. The van der Waals surface area contributed by atoms with Gasteiger partial charge in [-0.25, -0.2) is 4.57 Å². The number of rotatable bonds is 40. The third-order valence-electron chi connectivity index (χ3n) is 8.88. The molecular weight excluding hydrogens is 713 g/mol. The van der Waals surface area contributed by atoms with Crippen LogP contribution in [-0.4, -0.2) is 49.3 Å². The number of carbonyl (C=O) groups is 2. The summed E-state index contributed by atoms with van der Waals surface area (Å²) in [6.45, 7) is 3.64. The molecule has 2 atom stereocenters. The van der Waals surface area contributed by atoms with Crippen molar-refractivity contribution >= 4 is 19.8 Å². The number of allylic oxidation sites excluding steroid dienone is 10. The van der Waals surface area contributed by atoms with E-state index in [4.69, 9.17) is 24.3 Å². The van der Waals surface area contributed by atoms with Crippen LogP contribution >= 0.6 is 7.82 Å². The van der Waals surface area contributed by atoms with Crippen LogP contribution in [0.1, 0.15) is 181 Å². The van der Waals surface area contributed by atoms with Crippen LogP contribution in [0.3, 0.4) is 0 Å². The number of esters is 2. The molecule has 55 heavy (non-hydrogen) atoms. The number of phosphoric acid groups is 1. The van der Waals surface area contributed by atoms with Gasteiger partial charge < -0.3 is 20.1 Å². The molecule has 0 amide bonds. The predicted molar refractivity (Wildman–Crippen MR) is 229 cm³/mol. The highest BCUT2D eigenvalue weighted by atomic mass is 31.2. The first-order chi connectivity index (χ1) is 26.8. The van der Waals surface area contributed by atoms with Gasteiger partial charge in [0, 0.05) is 19.4 Å². The lowest BCUT2D eigenvalue weighted by atomic mass is 10.1. The molecular formula is C45H80NO8P. The van der Waals surface area contributed by atoms with E-state index in [1.54, 1.807) is 0 Å². The monoisotopic (exact) mass is 794 g/mol. The van der Waals surface area contributed by atoms with Crippen LogP contribution in [0.15, 0.2) is 60.8 Å². The molecule has 0 radical (unpaired) electrons. The first-order valence-electron chi connectivity index (χ1n) is 21.8. The molecule has 1 unspecified atom stereocenters. The molecule has 0 heterocycles. The minimum absolute atomic E-state index is 0.0444. The average molecular weight is 794 g/mol. The van der Waals surface area contributed by atoms with E-state index in [-0.39, 0.29) is 32.6 Å². The summed E-state index contributed by atoms with van der Waals surface area (Å²) in [4.78, 5) is 34.9. The fourth-order valence-electron chi connectivity index (χ4n) is 5.61. The fourth-order valence-corrected chi connectivity index (χ4v) is 6.38. The number of hydrogen-bond donors (Lipinski definition) is 2. The summed E-state index contributed by atoms with van der Waals surface area (Å²) in [5, 5.41) is 0. The molecule has 10 heteroatoms. The molecule has 0 aliphatic heterocycles. The van der Waals surface area contributed by atoms with Gasteiger partial charge in [0.1, 0.15) is 6.61 Å². The third-order valence-corrected chi connectivity index (χ3v) is 9.86. The van der Waals surface area contributed by atoms with E-state index in [0.29, 0.717) is 12.8 Å². The maximum Gasteiger partial charge on any atom is 0.472 e. The van der Waals surface area contributed by atoms with Gasteiger partial charge in [0.25, 0.3) is 0 Å². The Bertz CT molecular complexity index is 1090. The van der Waals surface area contributed by atoms with Gasteiger partial charge in [-0.3, -0.25) is 18.6 Å². The fraction of sp³-hybridized carbons (Fsp3) is 0.733. The quantitative estimate of drug-likeness (QED) is 0.0269. The van der Waals surface area contributed by atoms with Crippen molar-refractivity contribution in [2.24, 2.45) is 5.73 Å². The van der Waals surface area contributed by atoms with Gasteiger partial charge in [-0.15, -0.1) is 0 Å². The lowest BCUT2D eigenvalue weighted by molar-refractivity contribution is -0.161. The molecule has 318 valence electrons. The average Bonchev–Trinajstić information content (AvgIpc) is 3.17. The highest BCUT2D eigenvalue weighted by Crippen LogP contribution is 2.43. The van der Waals surface area contributed by atoms with Gasteiger partial charge in [0.05, 0.1) is 13.2 Å². The van der Waals surface area contributed by atoms with Gasteiger partial charge in [-0.05, 0) is 83.5 Å². The molecule has 0 aromatic heterocycles. The Morgan fingerprint density at radius 3 is 1.47 bits per heavy atom. The summed E-state index contributed by atoms with van der Waals surface area (Å²) in [7, 11) is -4.39. The largest absolute Gasteiger partial charge is 0.472 e. The summed E-state index contributed by atoms with van der Waals surface area (Å²) in [5.74, 6) is -0.877. The molecule has 0 saturated carbocycles. The predicted octanol–water partition coefficient (Wildman–Crippen LogP) is 12.5. The van der Waals surface area contributed by atoms with E-state index in [1.807, 2.05) is 0 Å². The Labute approximate surface area is 336 Å². The zero-order valence-corrected chi connectivity index (χ0v) is 35.8. The Kier molecular flexibility index (Phi) is 39.6. The minimum Gasteiger partial charge on any atom is -0.462 e. The summed E-state index contributed by atoms with van der Waals surface area (Å²) in [5.41, 5.74) is 5.34.